The molecule has 7 heteroatoms. The monoisotopic (exact) mass is 539 g/mol. The van der Waals surface area contributed by atoms with Gasteiger partial charge in [-0.3, -0.25) is 4.79 Å². The first kappa shape index (κ1) is 22.6. The number of nitrogens with one attached hydrogen (secondary N) is 2. The lowest BCUT2D eigenvalue weighted by Gasteiger charge is -2.10. The van der Waals surface area contributed by atoms with E-state index in [4.69, 9.17) is 5.10 Å². The summed E-state index contributed by atoms with van der Waals surface area (Å²) in [5.41, 5.74) is 6.62. The summed E-state index contributed by atoms with van der Waals surface area (Å²) < 4.78 is 5.21. The Morgan fingerprint density at radius 2 is 1.61 bits per heavy atom. The number of carbonyl (C=O) groups excluding carboxylic acids is 1. The van der Waals surface area contributed by atoms with Crippen LogP contribution in [0, 0.1) is 0 Å². The molecule has 0 aliphatic carbocycles. The number of para-hydroxylation sites is 1. The number of amides is 1. The number of carbonyl (C=O) groups is 1. The maximum atomic E-state index is 13.8. The van der Waals surface area contributed by atoms with Crippen LogP contribution in [0.15, 0.2) is 89.4 Å². The van der Waals surface area contributed by atoms with E-state index in [9.17, 15) is 4.79 Å². The van der Waals surface area contributed by atoms with Gasteiger partial charge in [0.05, 0.1) is 6.54 Å². The molecule has 0 bridgehead atoms. The van der Waals surface area contributed by atoms with Gasteiger partial charge in [0.1, 0.15) is 11.3 Å². The first-order valence-corrected chi connectivity index (χ1v) is 13.0. The minimum atomic E-state index is -0.154. The summed E-state index contributed by atoms with van der Waals surface area (Å²) >= 11 is 3.49. The molecule has 180 valence electrons. The molecule has 5 aromatic rings. The Balaban J connectivity index is 1.48. The molecule has 0 atom stereocenters. The van der Waals surface area contributed by atoms with Gasteiger partial charge in [0.2, 0.25) is 0 Å². The van der Waals surface area contributed by atoms with Gasteiger partial charge < -0.3 is 15.2 Å². The third kappa shape index (κ3) is 4.20. The molecule has 3 heterocycles. The maximum Gasteiger partial charge on any atom is 0.275 e. The maximum absolute atomic E-state index is 13.8. The van der Waals surface area contributed by atoms with Crippen LogP contribution in [0.1, 0.15) is 34.7 Å². The molecule has 0 fully saturated rings. The first-order chi connectivity index (χ1) is 17.7. The summed E-state index contributed by atoms with van der Waals surface area (Å²) in [4.78, 5) is 13.8. The highest BCUT2D eigenvalue weighted by Gasteiger charge is 2.30. The zero-order valence-electron chi connectivity index (χ0n) is 19.7. The Labute approximate surface area is 218 Å². The van der Waals surface area contributed by atoms with Gasteiger partial charge in [0.25, 0.3) is 5.91 Å². The Kier molecular flexibility index (Phi) is 6.07. The van der Waals surface area contributed by atoms with E-state index in [1.165, 1.54) is 5.56 Å². The summed E-state index contributed by atoms with van der Waals surface area (Å²) in [5.74, 6) is 0.767. The van der Waals surface area contributed by atoms with Crippen molar-refractivity contribution in [2.24, 2.45) is 0 Å². The van der Waals surface area contributed by atoms with Gasteiger partial charge in [-0.2, -0.15) is 5.10 Å². The van der Waals surface area contributed by atoms with Crippen LogP contribution in [-0.2, 0) is 19.5 Å². The van der Waals surface area contributed by atoms with Crippen LogP contribution >= 0.6 is 15.9 Å². The highest BCUT2D eigenvalue weighted by molar-refractivity contribution is 9.10. The van der Waals surface area contributed by atoms with Crippen LogP contribution in [0.25, 0.3) is 16.8 Å². The molecule has 1 amide bonds. The standard InChI is InChI=1S/C29H26BrN5O/c30-21-14-16-22(17-15-21)31-19-25-33-35-27(28(36)32-23-11-5-2-6-12-23)26(20-9-3-1-4-10-20)24-13-7-8-18-34(25)29(24)35/h1-6,9-12,14-17,31H,7-8,13,18-19H2,(H,32,36). The smallest absolute Gasteiger partial charge is 0.275 e. The van der Waals surface area contributed by atoms with Crippen molar-refractivity contribution in [1.29, 1.82) is 0 Å². The predicted molar refractivity (Wildman–Crippen MR) is 147 cm³/mol. The van der Waals surface area contributed by atoms with Crippen LogP contribution in [0.2, 0.25) is 0 Å². The molecule has 0 saturated heterocycles. The first-order valence-electron chi connectivity index (χ1n) is 12.2. The summed E-state index contributed by atoms with van der Waals surface area (Å²) in [7, 11) is 0. The predicted octanol–water partition coefficient (Wildman–Crippen LogP) is 6.77. The van der Waals surface area contributed by atoms with Crippen LogP contribution in [0.4, 0.5) is 11.4 Å². The van der Waals surface area contributed by atoms with E-state index < -0.39 is 0 Å². The van der Waals surface area contributed by atoms with E-state index in [1.807, 2.05) is 77.3 Å². The van der Waals surface area contributed by atoms with Gasteiger partial charge in [-0.15, -0.1) is 0 Å². The minimum absolute atomic E-state index is 0.154. The molecule has 6 nitrogen and oxygen atoms in total. The molecule has 36 heavy (non-hydrogen) atoms. The van der Waals surface area contributed by atoms with E-state index in [2.05, 4.69) is 43.3 Å². The number of aromatic nitrogens is 3. The van der Waals surface area contributed by atoms with Crippen molar-refractivity contribution in [1.82, 2.24) is 14.2 Å². The normalized spacial score (nSPS) is 12.9. The molecule has 0 radical (unpaired) electrons. The molecular formula is C29H26BrN5O. The number of anilines is 2. The van der Waals surface area contributed by atoms with E-state index in [0.29, 0.717) is 12.2 Å². The highest BCUT2D eigenvalue weighted by Crippen LogP contribution is 2.37. The lowest BCUT2D eigenvalue weighted by Crippen LogP contribution is -2.16. The van der Waals surface area contributed by atoms with E-state index in [1.54, 1.807) is 0 Å². The van der Waals surface area contributed by atoms with Gasteiger partial charge in [0.15, 0.2) is 5.82 Å². The second-order valence-corrected chi connectivity index (χ2v) is 9.92. The van der Waals surface area contributed by atoms with Crippen molar-refractivity contribution in [3.05, 3.63) is 106 Å². The summed E-state index contributed by atoms with van der Waals surface area (Å²) in [6.07, 6.45) is 3.06. The summed E-state index contributed by atoms with van der Waals surface area (Å²) in [6.45, 7) is 1.45. The molecule has 6 rings (SSSR count). The second kappa shape index (κ2) is 9.66. The molecule has 0 unspecified atom stereocenters. The number of hydrogen-bond donors (Lipinski definition) is 2. The lowest BCUT2D eigenvalue weighted by atomic mass is 9.98. The molecule has 1 aliphatic rings. The van der Waals surface area contributed by atoms with Crippen LogP contribution < -0.4 is 10.6 Å². The molecular weight excluding hydrogens is 514 g/mol. The molecule has 1 aliphatic heterocycles. The third-order valence-electron chi connectivity index (χ3n) is 6.67. The Morgan fingerprint density at radius 1 is 0.889 bits per heavy atom. The Bertz CT molecular complexity index is 1520. The average molecular weight is 540 g/mol. The number of halogens is 1. The van der Waals surface area contributed by atoms with Crippen LogP contribution in [0.5, 0.6) is 0 Å². The average Bonchev–Trinajstić information content (AvgIpc) is 3.31. The molecule has 0 saturated carbocycles. The van der Waals surface area contributed by atoms with Crippen molar-refractivity contribution in [2.75, 3.05) is 10.6 Å². The molecule has 2 N–H and O–H groups in total. The zero-order chi connectivity index (χ0) is 24.5. The fourth-order valence-electron chi connectivity index (χ4n) is 5.02. The SMILES string of the molecule is O=C(Nc1ccccc1)c1c(-c2ccccc2)c2c3n(c(CNc4ccc(Br)cc4)nn13)CCCC2. The van der Waals surface area contributed by atoms with Gasteiger partial charge in [-0.25, -0.2) is 4.52 Å². The van der Waals surface area contributed by atoms with Crippen molar-refractivity contribution in [3.63, 3.8) is 0 Å². The van der Waals surface area contributed by atoms with E-state index in [-0.39, 0.29) is 5.91 Å². The molecule has 2 aromatic heterocycles. The van der Waals surface area contributed by atoms with Crippen molar-refractivity contribution in [2.45, 2.75) is 32.4 Å². The van der Waals surface area contributed by atoms with Crippen molar-refractivity contribution in [3.8, 4) is 11.1 Å². The topological polar surface area (TPSA) is 63.4 Å². The van der Waals surface area contributed by atoms with Crippen molar-refractivity contribution >= 4 is 38.9 Å². The Hall–Kier alpha value is -3.84. The van der Waals surface area contributed by atoms with Gasteiger partial charge in [-0.1, -0.05) is 64.5 Å². The third-order valence-corrected chi connectivity index (χ3v) is 7.19. The van der Waals surface area contributed by atoms with Crippen molar-refractivity contribution < 1.29 is 4.79 Å². The number of rotatable bonds is 6. The fourth-order valence-corrected chi connectivity index (χ4v) is 5.29. The van der Waals surface area contributed by atoms with Crippen LogP contribution in [-0.4, -0.2) is 20.1 Å². The summed E-state index contributed by atoms with van der Waals surface area (Å²) in [5, 5.41) is 11.6. The zero-order valence-corrected chi connectivity index (χ0v) is 21.3. The second-order valence-electron chi connectivity index (χ2n) is 9.01. The minimum Gasteiger partial charge on any atom is -0.378 e. The molecule has 0 spiro atoms. The van der Waals surface area contributed by atoms with E-state index >= 15 is 0 Å². The fraction of sp³-hybridized carbons (Fsp3) is 0.172. The summed E-state index contributed by atoms with van der Waals surface area (Å²) in [6, 6.07) is 27.9. The Morgan fingerprint density at radius 3 is 2.36 bits per heavy atom. The lowest BCUT2D eigenvalue weighted by molar-refractivity contribution is 0.102. The number of aryl methyl sites for hydroxylation is 2. The van der Waals surface area contributed by atoms with E-state index in [0.717, 1.165) is 64.3 Å². The largest absolute Gasteiger partial charge is 0.378 e. The number of nitrogens with zero attached hydrogens (tertiary/aromatic N) is 3. The van der Waals surface area contributed by atoms with Gasteiger partial charge in [0, 0.05) is 33.5 Å². The number of benzene rings is 3. The van der Waals surface area contributed by atoms with Gasteiger partial charge in [-0.05, 0) is 61.2 Å². The quantitative estimate of drug-likeness (QED) is 0.250. The molecule has 3 aromatic carbocycles. The van der Waals surface area contributed by atoms with Crippen LogP contribution in [0.3, 0.4) is 0 Å². The highest BCUT2D eigenvalue weighted by atomic mass is 79.9. The number of hydrogen-bond acceptors (Lipinski definition) is 3. The van der Waals surface area contributed by atoms with Gasteiger partial charge >= 0.3 is 0 Å².